The Balaban J connectivity index is 0.000000541. The fourth-order valence-electron chi connectivity index (χ4n) is 1.62. The Hall–Kier alpha value is -1.21. The van der Waals surface area contributed by atoms with Crippen molar-refractivity contribution in [2.24, 2.45) is 5.84 Å². The van der Waals surface area contributed by atoms with Crippen LogP contribution in [0.25, 0.3) is 0 Å². The summed E-state index contributed by atoms with van der Waals surface area (Å²) in [4.78, 5) is 10.1. The van der Waals surface area contributed by atoms with Gasteiger partial charge in [0, 0.05) is 32.9 Å². The van der Waals surface area contributed by atoms with Gasteiger partial charge in [0.2, 0.25) is 6.41 Å². The summed E-state index contributed by atoms with van der Waals surface area (Å²) in [5.74, 6) is 5.27. The molecule has 0 aliphatic heterocycles. The average molecular weight is 403 g/mol. The van der Waals surface area contributed by atoms with Crippen molar-refractivity contribution in [3.8, 4) is 0 Å². The van der Waals surface area contributed by atoms with Crippen LogP contribution < -0.4 is 16.6 Å². The molecule has 4 N–H and O–H groups in total. The lowest BCUT2D eigenvalue weighted by atomic mass is 10.2. The van der Waals surface area contributed by atoms with E-state index in [4.69, 9.17) is 16.4 Å². The molecule has 22 heavy (non-hydrogen) atoms. The number of amides is 1. The summed E-state index contributed by atoms with van der Waals surface area (Å²) >= 11 is 11.5. The Kier molecular flexibility index (Phi) is 9.00. The molecular formula is C15H17BrClN3OS. The minimum Gasteiger partial charge on any atom is -0.387 e. The first-order valence-electron chi connectivity index (χ1n) is 6.36. The molecule has 0 unspecified atom stereocenters. The highest BCUT2D eigenvalue weighted by molar-refractivity contribution is 9.10. The van der Waals surface area contributed by atoms with E-state index in [9.17, 15) is 0 Å². The van der Waals surface area contributed by atoms with Crippen LogP contribution in [0.5, 0.6) is 0 Å². The number of hydrogen-bond donors (Lipinski definition) is 3. The Labute approximate surface area is 147 Å². The molecule has 0 atom stereocenters. The summed E-state index contributed by atoms with van der Waals surface area (Å²) in [6.07, 6.45) is 0.403. The number of carbonyl (C=O) groups is 1. The minimum absolute atomic E-state index is 0.403. The predicted molar refractivity (Wildman–Crippen MR) is 98.1 cm³/mol. The molecule has 0 fully saturated rings. The lowest BCUT2D eigenvalue weighted by Gasteiger charge is -2.11. The van der Waals surface area contributed by atoms with Gasteiger partial charge in [-0.1, -0.05) is 35.9 Å². The van der Waals surface area contributed by atoms with Gasteiger partial charge in [-0.25, -0.2) is 5.84 Å². The smallest absolute Gasteiger partial charge is 0.221 e. The van der Waals surface area contributed by atoms with Crippen LogP contribution >= 0.6 is 39.3 Å². The highest BCUT2D eigenvalue weighted by Crippen LogP contribution is 2.37. The second kappa shape index (κ2) is 10.5. The van der Waals surface area contributed by atoms with Gasteiger partial charge in [-0.2, -0.15) is 0 Å². The quantitative estimate of drug-likeness (QED) is 0.232. The van der Waals surface area contributed by atoms with Crippen molar-refractivity contribution < 1.29 is 4.79 Å². The van der Waals surface area contributed by atoms with E-state index in [-0.39, 0.29) is 0 Å². The van der Waals surface area contributed by atoms with E-state index in [0.717, 1.165) is 26.5 Å². The van der Waals surface area contributed by atoms with E-state index in [2.05, 4.69) is 45.3 Å². The number of rotatable bonds is 5. The zero-order valence-corrected chi connectivity index (χ0v) is 15.1. The molecule has 2 aromatic rings. The van der Waals surface area contributed by atoms with Gasteiger partial charge in [-0.05, 0) is 39.7 Å². The van der Waals surface area contributed by atoms with Crippen LogP contribution in [0.3, 0.4) is 0 Å². The van der Waals surface area contributed by atoms with E-state index in [1.807, 2.05) is 31.3 Å². The Morgan fingerprint density at radius 2 is 1.95 bits per heavy atom. The standard InChI is InChI=1S/C14H13BrClNS.CH4N2O/c1-17-13-8-4-6-11(15)14(13)18-9-10-5-2-3-7-12(10)16;2-3-1-4/h2-8,17H,9H2,1H3;1H,2H2,(H,3,4). The van der Waals surface area contributed by atoms with Gasteiger partial charge in [0.1, 0.15) is 0 Å². The van der Waals surface area contributed by atoms with Crippen molar-refractivity contribution in [2.45, 2.75) is 10.6 Å². The maximum absolute atomic E-state index is 8.94. The molecule has 1 amide bonds. The van der Waals surface area contributed by atoms with Crippen molar-refractivity contribution in [3.05, 3.63) is 57.5 Å². The zero-order valence-electron chi connectivity index (χ0n) is 12.0. The molecule has 0 bridgehead atoms. The van der Waals surface area contributed by atoms with Crippen LogP contribution in [0.1, 0.15) is 5.56 Å². The fourth-order valence-corrected chi connectivity index (χ4v) is 3.69. The number of nitrogens with one attached hydrogen (secondary N) is 2. The molecule has 118 valence electrons. The van der Waals surface area contributed by atoms with Gasteiger partial charge in [-0.15, -0.1) is 11.8 Å². The largest absolute Gasteiger partial charge is 0.387 e. The number of anilines is 1. The van der Waals surface area contributed by atoms with Gasteiger partial charge in [0.25, 0.3) is 0 Å². The van der Waals surface area contributed by atoms with E-state index < -0.39 is 0 Å². The number of hydrazine groups is 1. The number of benzene rings is 2. The maximum atomic E-state index is 8.94. The first-order chi connectivity index (χ1) is 10.6. The van der Waals surface area contributed by atoms with Gasteiger partial charge < -0.3 is 5.32 Å². The number of thioether (sulfide) groups is 1. The van der Waals surface area contributed by atoms with Crippen LogP contribution in [-0.2, 0) is 10.5 Å². The zero-order chi connectivity index (χ0) is 16.4. The number of halogens is 2. The monoisotopic (exact) mass is 401 g/mol. The number of carbonyl (C=O) groups excluding carboxylic acids is 1. The first-order valence-corrected chi connectivity index (χ1v) is 8.52. The molecule has 0 aliphatic carbocycles. The second-order valence-corrected chi connectivity index (χ2v) is 6.28. The summed E-state index contributed by atoms with van der Waals surface area (Å²) in [5.41, 5.74) is 4.03. The summed E-state index contributed by atoms with van der Waals surface area (Å²) in [6.45, 7) is 0. The lowest BCUT2D eigenvalue weighted by Crippen LogP contribution is -2.18. The van der Waals surface area contributed by atoms with E-state index >= 15 is 0 Å². The van der Waals surface area contributed by atoms with E-state index in [1.54, 1.807) is 17.2 Å². The Morgan fingerprint density at radius 3 is 2.55 bits per heavy atom. The van der Waals surface area contributed by atoms with E-state index in [0.29, 0.717) is 6.41 Å². The van der Waals surface area contributed by atoms with Crippen LogP contribution in [-0.4, -0.2) is 13.5 Å². The van der Waals surface area contributed by atoms with Crippen molar-refractivity contribution in [1.82, 2.24) is 5.43 Å². The van der Waals surface area contributed by atoms with Crippen molar-refractivity contribution in [3.63, 3.8) is 0 Å². The Morgan fingerprint density at radius 1 is 1.27 bits per heavy atom. The predicted octanol–water partition coefficient (Wildman–Crippen LogP) is 4.04. The first kappa shape index (κ1) is 18.8. The molecule has 4 nitrogen and oxygen atoms in total. The highest BCUT2D eigenvalue weighted by atomic mass is 79.9. The molecule has 0 saturated carbocycles. The molecule has 0 aliphatic rings. The highest BCUT2D eigenvalue weighted by Gasteiger charge is 2.07. The molecule has 7 heteroatoms. The van der Waals surface area contributed by atoms with Crippen molar-refractivity contribution >= 4 is 51.4 Å². The van der Waals surface area contributed by atoms with Crippen LogP contribution in [0.15, 0.2) is 51.8 Å². The molecule has 0 radical (unpaired) electrons. The maximum Gasteiger partial charge on any atom is 0.221 e. The summed E-state index contributed by atoms with van der Waals surface area (Å²) in [6, 6.07) is 14.1. The van der Waals surface area contributed by atoms with Crippen LogP contribution in [0.4, 0.5) is 5.69 Å². The van der Waals surface area contributed by atoms with E-state index in [1.165, 1.54) is 4.90 Å². The summed E-state index contributed by atoms with van der Waals surface area (Å²) in [7, 11) is 1.93. The molecular weight excluding hydrogens is 386 g/mol. The molecule has 2 aromatic carbocycles. The second-order valence-electron chi connectivity index (χ2n) is 4.03. The van der Waals surface area contributed by atoms with Crippen LogP contribution in [0.2, 0.25) is 5.02 Å². The molecule has 0 aromatic heterocycles. The van der Waals surface area contributed by atoms with Gasteiger partial charge in [-0.3, -0.25) is 10.2 Å². The van der Waals surface area contributed by atoms with Gasteiger partial charge in [0.15, 0.2) is 0 Å². The average Bonchev–Trinajstić information content (AvgIpc) is 2.55. The SMILES string of the molecule is CNc1cccc(Br)c1SCc1ccccc1Cl.NNC=O. The Bertz CT molecular complexity index is 613. The molecule has 0 heterocycles. The lowest BCUT2D eigenvalue weighted by molar-refractivity contribution is -0.109. The normalized spacial score (nSPS) is 9.45. The third kappa shape index (κ3) is 5.88. The topological polar surface area (TPSA) is 67.2 Å². The molecule has 0 saturated heterocycles. The van der Waals surface area contributed by atoms with Crippen molar-refractivity contribution in [1.29, 1.82) is 0 Å². The number of nitrogens with two attached hydrogens (primary N) is 1. The summed E-state index contributed by atoms with van der Waals surface area (Å²) in [5, 5.41) is 4.03. The third-order valence-electron chi connectivity index (χ3n) is 2.63. The van der Waals surface area contributed by atoms with Gasteiger partial charge in [0.05, 0.1) is 0 Å². The van der Waals surface area contributed by atoms with Crippen molar-refractivity contribution in [2.75, 3.05) is 12.4 Å². The van der Waals surface area contributed by atoms with Gasteiger partial charge >= 0.3 is 0 Å². The van der Waals surface area contributed by atoms with Crippen LogP contribution in [0, 0.1) is 0 Å². The number of hydrogen-bond acceptors (Lipinski definition) is 4. The summed E-state index contributed by atoms with van der Waals surface area (Å²) < 4.78 is 1.10. The third-order valence-corrected chi connectivity index (χ3v) is 5.11. The molecule has 0 spiro atoms. The fraction of sp³-hybridized carbons (Fsp3) is 0.133. The minimum atomic E-state index is 0.403. The molecule has 2 rings (SSSR count).